The number of aromatic nitrogens is 3. The first-order valence-electron chi connectivity index (χ1n) is 6.15. The first-order chi connectivity index (χ1) is 8.91. The van der Waals surface area contributed by atoms with Crippen molar-refractivity contribution in [3.05, 3.63) is 5.28 Å². The second-order valence-electron chi connectivity index (χ2n) is 4.41. The van der Waals surface area contributed by atoms with Crippen molar-refractivity contribution in [1.82, 2.24) is 15.0 Å². The van der Waals surface area contributed by atoms with Crippen molar-refractivity contribution in [2.24, 2.45) is 0 Å². The van der Waals surface area contributed by atoms with Gasteiger partial charge in [-0.3, -0.25) is 0 Å². The predicted octanol–water partition coefficient (Wildman–Crippen LogP) is 0.526. The summed E-state index contributed by atoms with van der Waals surface area (Å²) >= 11 is 5.85. The van der Waals surface area contributed by atoms with Crippen LogP contribution < -0.4 is 10.2 Å². The smallest absolute Gasteiger partial charge is 0.231 e. The second kappa shape index (κ2) is 6.83. The number of hydrogen-bond acceptors (Lipinski definition) is 7. The molecule has 0 fully saturated rings. The molecule has 0 saturated carbocycles. The van der Waals surface area contributed by atoms with Crippen LogP contribution in [-0.2, 0) is 0 Å². The highest BCUT2D eigenvalue weighted by Crippen LogP contribution is 2.14. The van der Waals surface area contributed by atoms with Crippen LogP contribution in [0.4, 0.5) is 11.9 Å². The molecule has 1 rings (SSSR count). The van der Waals surface area contributed by atoms with Gasteiger partial charge < -0.3 is 20.4 Å². The van der Waals surface area contributed by atoms with E-state index in [1.165, 1.54) is 6.92 Å². The van der Waals surface area contributed by atoms with Gasteiger partial charge >= 0.3 is 0 Å². The third kappa shape index (κ3) is 4.77. The zero-order valence-corrected chi connectivity index (χ0v) is 12.1. The average molecular weight is 290 g/mol. The van der Waals surface area contributed by atoms with E-state index in [0.717, 1.165) is 13.1 Å². The summed E-state index contributed by atoms with van der Waals surface area (Å²) in [5.41, 5.74) is -1.24. The zero-order valence-electron chi connectivity index (χ0n) is 11.4. The summed E-state index contributed by atoms with van der Waals surface area (Å²) in [5, 5.41) is 21.6. The molecular formula is C11H20ClN5O2. The lowest BCUT2D eigenvalue weighted by molar-refractivity contribution is 0.0131. The van der Waals surface area contributed by atoms with Crippen LogP contribution in [0.5, 0.6) is 0 Å². The fraction of sp³-hybridized carbons (Fsp3) is 0.727. The molecule has 0 bridgehead atoms. The topological polar surface area (TPSA) is 94.4 Å². The summed E-state index contributed by atoms with van der Waals surface area (Å²) in [6.07, 6.45) is 0. The Balaban J connectivity index is 2.85. The Hall–Kier alpha value is -1.18. The first kappa shape index (κ1) is 15.9. The van der Waals surface area contributed by atoms with Crippen molar-refractivity contribution in [2.75, 3.05) is 36.5 Å². The highest BCUT2D eigenvalue weighted by Gasteiger charge is 2.19. The summed E-state index contributed by atoms with van der Waals surface area (Å²) in [6, 6.07) is 0. The third-order valence-corrected chi connectivity index (χ3v) is 2.78. The fourth-order valence-corrected chi connectivity index (χ4v) is 1.55. The molecule has 0 aliphatic carbocycles. The number of hydrogen-bond donors (Lipinski definition) is 3. The third-order valence-electron chi connectivity index (χ3n) is 2.61. The van der Waals surface area contributed by atoms with Gasteiger partial charge in [-0.05, 0) is 32.4 Å². The minimum Gasteiger partial charge on any atom is -0.393 e. The van der Waals surface area contributed by atoms with E-state index >= 15 is 0 Å². The summed E-state index contributed by atoms with van der Waals surface area (Å²) in [7, 11) is 0. The van der Waals surface area contributed by atoms with Crippen LogP contribution in [0.1, 0.15) is 20.8 Å². The maximum Gasteiger partial charge on any atom is 0.231 e. The van der Waals surface area contributed by atoms with Gasteiger partial charge in [0.05, 0.1) is 6.61 Å². The van der Waals surface area contributed by atoms with E-state index in [9.17, 15) is 5.11 Å². The Morgan fingerprint density at radius 1 is 1.26 bits per heavy atom. The number of aliphatic hydroxyl groups excluding tert-OH is 1. The fourth-order valence-electron chi connectivity index (χ4n) is 1.39. The molecule has 0 saturated heterocycles. The Morgan fingerprint density at radius 2 is 1.89 bits per heavy atom. The molecule has 0 aromatic carbocycles. The summed E-state index contributed by atoms with van der Waals surface area (Å²) < 4.78 is 0. The van der Waals surface area contributed by atoms with Crippen molar-refractivity contribution in [1.29, 1.82) is 0 Å². The molecule has 0 radical (unpaired) electrons. The molecule has 1 atom stereocenters. The van der Waals surface area contributed by atoms with Crippen LogP contribution in [0.25, 0.3) is 0 Å². The first-order valence-corrected chi connectivity index (χ1v) is 6.53. The van der Waals surface area contributed by atoms with Crippen LogP contribution in [0, 0.1) is 0 Å². The highest BCUT2D eigenvalue weighted by molar-refractivity contribution is 6.28. The molecule has 0 aliphatic rings. The van der Waals surface area contributed by atoms with Crippen LogP contribution in [0.15, 0.2) is 0 Å². The van der Waals surface area contributed by atoms with Gasteiger partial charge in [-0.15, -0.1) is 0 Å². The number of halogens is 1. The van der Waals surface area contributed by atoms with Gasteiger partial charge in [-0.2, -0.15) is 15.0 Å². The molecule has 7 nitrogen and oxygen atoms in total. The molecular weight excluding hydrogens is 270 g/mol. The van der Waals surface area contributed by atoms with Crippen LogP contribution >= 0.6 is 11.6 Å². The van der Waals surface area contributed by atoms with Gasteiger partial charge in [0.15, 0.2) is 0 Å². The molecule has 1 aromatic rings. The molecule has 0 spiro atoms. The highest BCUT2D eigenvalue weighted by atomic mass is 35.5. The zero-order chi connectivity index (χ0) is 14.5. The quantitative estimate of drug-likeness (QED) is 0.674. The van der Waals surface area contributed by atoms with E-state index in [1.54, 1.807) is 0 Å². The lowest BCUT2D eigenvalue weighted by atomic mass is 10.1. The lowest BCUT2D eigenvalue weighted by Gasteiger charge is -2.22. The molecule has 19 heavy (non-hydrogen) atoms. The van der Waals surface area contributed by atoms with E-state index in [0.29, 0.717) is 5.95 Å². The number of anilines is 2. The number of rotatable bonds is 7. The van der Waals surface area contributed by atoms with Gasteiger partial charge in [0, 0.05) is 19.6 Å². The molecule has 1 aromatic heterocycles. The van der Waals surface area contributed by atoms with E-state index in [4.69, 9.17) is 16.7 Å². The van der Waals surface area contributed by atoms with Gasteiger partial charge in [0.25, 0.3) is 0 Å². The molecule has 0 amide bonds. The van der Waals surface area contributed by atoms with Crippen molar-refractivity contribution in [2.45, 2.75) is 26.4 Å². The maximum absolute atomic E-state index is 9.70. The normalized spacial score (nSPS) is 14.0. The van der Waals surface area contributed by atoms with Gasteiger partial charge in [0.2, 0.25) is 17.2 Å². The van der Waals surface area contributed by atoms with Crippen LogP contribution in [0.3, 0.4) is 0 Å². The second-order valence-corrected chi connectivity index (χ2v) is 4.75. The summed E-state index contributed by atoms with van der Waals surface area (Å²) in [4.78, 5) is 14.2. The van der Waals surface area contributed by atoms with Gasteiger partial charge in [-0.1, -0.05) is 0 Å². The van der Waals surface area contributed by atoms with Crippen molar-refractivity contribution < 1.29 is 10.2 Å². The van der Waals surface area contributed by atoms with E-state index in [-0.39, 0.29) is 24.4 Å². The molecule has 108 valence electrons. The number of nitrogens with zero attached hydrogens (tertiary/aromatic N) is 4. The molecule has 0 aliphatic heterocycles. The Bertz CT molecular complexity index is 412. The predicted molar refractivity (Wildman–Crippen MR) is 74.6 cm³/mol. The molecule has 1 heterocycles. The Kier molecular flexibility index (Phi) is 5.71. The van der Waals surface area contributed by atoms with Crippen molar-refractivity contribution in [3.63, 3.8) is 0 Å². The van der Waals surface area contributed by atoms with Gasteiger partial charge in [-0.25, -0.2) is 0 Å². The summed E-state index contributed by atoms with van der Waals surface area (Å²) in [6.45, 7) is 6.75. The van der Waals surface area contributed by atoms with Gasteiger partial charge in [0.1, 0.15) is 5.60 Å². The Labute approximate surface area is 117 Å². The SMILES string of the molecule is CCN(CC)c1nc(Cl)nc(NCC(C)(O)CO)n1. The molecule has 3 N–H and O–H groups in total. The monoisotopic (exact) mass is 289 g/mol. The molecule has 8 heteroatoms. The van der Waals surface area contributed by atoms with Crippen LogP contribution in [-0.4, -0.2) is 57.0 Å². The van der Waals surface area contributed by atoms with E-state index in [2.05, 4.69) is 20.3 Å². The minimum absolute atomic E-state index is 0.0861. The maximum atomic E-state index is 9.70. The number of aliphatic hydroxyl groups is 2. The lowest BCUT2D eigenvalue weighted by Crippen LogP contribution is -2.37. The largest absolute Gasteiger partial charge is 0.393 e. The van der Waals surface area contributed by atoms with Crippen LogP contribution in [0.2, 0.25) is 5.28 Å². The van der Waals surface area contributed by atoms with Crippen molar-refractivity contribution >= 4 is 23.5 Å². The van der Waals surface area contributed by atoms with Crippen molar-refractivity contribution in [3.8, 4) is 0 Å². The average Bonchev–Trinajstić information content (AvgIpc) is 2.37. The number of nitrogens with one attached hydrogen (secondary N) is 1. The minimum atomic E-state index is -1.24. The van der Waals surface area contributed by atoms with E-state index in [1.807, 2.05) is 18.7 Å². The van der Waals surface area contributed by atoms with E-state index < -0.39 is 5.60 Å². The Morgan fingerprint density at radius 3 is 2.42 bits per heavy atom. The standard InChI is InChI=1S/C11H20ClN5O2/c1-4-17(5-2)10-15-8(12)14-9(16-10)13-6-11(3,19)7-18/h18-19H,4-7H2,1-3H3,(H,13,14,15,16). The molecule has 1 unspecified atom stereocenters. The summed E-state index contributed by atoms with van der Waals surface area (Å²) in [5.74, 6) is 0.756.